The van der Waals surface area contributed by atoms with Crippen molar-refractivity contribution in [1.82, 2.24) is 0 Å². The van der Waals surface area contributed by atoms with Gasteiger partial charge in [-0.3, -0.25) is 4.79 Å². The molecule has 0 fully saturated rings. The number of hydrogen-bond acceptors (Lipinski definition) is 4. The zero-order valence-corrected chi connectivity index (χ0v) is 8.60. The fourth-order valence-corrected chi connectivity index (χ4v) is 2.67. The molecule has 1 rings (SSSR count). The summed E-state index contributed by atoms with van der Waals surface area (Å²) in [7, 11) is 1.27. The lowest BCUT2D eigenvalue weighted by Crippen LogP contribution is -1.86. The second kappa shape index (κ2) is 3.33. The molecule has 7 heteroatoms. The third-order valence-corrected chi connectivity index (χ3v) is 4.30. The summed E-state index contributed by atoms with van der Waals surface area (Å²) in [6.45, 7) is 0. The summed E-state index contributed by atoms with van der Waals surface area (Å²) >= 11 is 5.96. The first-order valence-electron chi connectivity index (χ1n) is 2.64. The zero-order valence-electron chi connectivity index (χ0n) is 5.45. The van der Waals surface area contributed by atoms with Gasteiger partial charge in [0.25, 0.3) is 14.3 Å². The minimum Gasteiger partial charge on any atom is -0.276 e. The molecule has 0 amide bonds. The third kappa shape index (κ3) is 2.20. The van der Waals surface area contributed by atoms with Crippen molar-refractivity contribution in [2.45, 2.75) is 4.21 Å². The summed E-state index contributed by atoms with van der Waals surface area (Å²) in [6.07, 6.45) is 0. The summed E-state index contributed by atoms with van der Waals surface area (Å²) in [4.78, 5) is 10.5. The van der Waals surface area contributed by atoms with E-state index in [-0.39, 0.29) is 9.77 Å². The van der Waals surface area contributed by atoms with Crippen molar-refractivity contribution in [1.29, 1.82) is 0 Å². The van der Waals surface area contributed by atoms with Gasteiger partial charge < -0.3 is 0 Å². The lowest BCUT2D eigenvalue weighted by molar-refractivity contribution is 0.108. The van der Waals surface area contributed by atoms with E-state index < -0.39 is 14.3 Å². The lowest BCUT2D eigenvalue weighted by atomic mass is 10.4. The largest absolute Gasteiger partial charge is 0.276 e. The Morgan fingerprint density at radius 2 is 2.08 bits per heavy atom. The Morgan fingerprint density at radius 1 is 1.50 bits per heavy atom. The van der Waals surface area contributed by atoms with E-state index in [0.717, 1.165) is 17.4 Å². The van der Waals surface area contributed by atoms with E-state index >= 15 is 0 Å². The molecule has 0 aromatic carbocycles. The Morgan fingerprint density at radius 3 is 2.33 bits per heavy atom. The quantitative estimate of drug-likeness (QED) is 0.749. The van der Waals surface area contributed by atoms with Crippen molar-refractivity contribution < 1.29 is 13.2 Å². The molecule has 0 spiro atoms. The van der Waals surface area contributed by atoms with Crippen LogP contribution in [-0.2, 0) is 9.05 Å². The predicted molar refractivity (Wildman–Crippen MR) is 47.5 cm³/mol. The van der Waals surface area contributed by atoms with Gasteiger partial charge in [0.05, 0.1) is 0 Å². The molecule has 0 atom stereocenters. The first kappa shape index (κ1) is 9.98. The van der Waals surface area contributed by atoms with Gasteiger partial charge in [0.2, 0.25) is 0 Å². The van der Waals surface area contributed by atoms with Gasteiger partial charge in [-0.2, -0.15) is 0 Å². The topological polar surface area (TPSA) is 51.2 Å². The van der Waals surface area contributed by atoms with Crippen molar-refractivity contribution in [3.05, 3.63) is 17.0 Å². The number of thiophene rings is 1. The summed E-state index contributed by atoms with van der Waals surface area (Å²) in [5.41, 5.74) is 0.140. The van der Waals surface area contributed by atoms with E-state index in [1.165, 1.54) is 5.38 Å². The van der Waals surface area contributed by atoms with E-state index in [1.807, 2.05) is 0 Å². The predicted octanol–water partition coefficient (Wildman–Crippen LogP) is 2.05. The van der Waals surface area contributed by atoms with Crippen molar-refractivity contribution in [3.63, 3.8) is 0 Å². The monoisotopic (exact) mass is 244 g/mol. The lowest BCUT2D eigenvalue weighted by Gasteiger charge is -1.84. The van der Waals surface area contributed by atoms with Crippen LogP contribution in [0.15, 0.2) is 15.7 Å². The first-order valence-corrected chi connectivity index (χ1v) is 6.21. The molecule has 0 aliphatic carbocycles. The van der Waals surface area contributed by atoms with Gasteiger partial charge in [-0.05, 0) is 17.7 Å². The minimum atomic E-state index is -3.74. The normalized spacial score (nSPS) is 11.5. The molecular formula is C5H2Cl2O3S2. The Balaban J connectivity index is 3.17. The molecule has 3 nitrogen and oxygen atoms in total. The maximum absolute atomic E-state index is 10.7. The van der Waals surface area contributed by atoms with E-state index in [0.29, 0.717) is 0 Å². The fraction of sp³-hybridized carbons (Fsp3) is 0. The van der Waals surface area contributed by atoms with Crippen LogP contribution in [0.2, 0.25) is 0 Å². The molecule has 0 saturated heterocycles. The van der Waals surface area contributed by atoms with Gasteiger partial charge in [0, 0.05) is 21.6 Å². The number of carbonyl (C=O) groups excluding carboxylic acids is 1. The average molecular weight is 245 g/mol. The molecule has 0 bridgehead atoms. The number of rotatable bonds is 2. The fourth-order valence-electron chi connectivity index (χ4n) is 0.547. The van der Waals surface area contributed by atoms with E-state index in [4.69, 9.17) is 22.3 Å². The Bertz CT molecular complexity index is 406. The number of hydrogen-bond donors (Lipinski definition) is 0. The van der Waals surface area contributed by atoms with Crippen LogP contribution in [0.5, 0.6) is 0 Å². The van der Waals surface area contributed by atoms with Crippen molar-refractivity contribution in [3.8, 4) is 0 Å². The van der Waals surface area contributed by atoms with Crippen LogP contribution in [0.3, 0.4) is 0 Å². The molecular weight excluding hydrogens is 243 g/mol. The molecule has 0 unspecified atom stereocenters. The van der Waals surface area contributed by atoms with E-state index in [9.17, 15) is 13.2 Å². The highest BCUT2D eigenvalue weighted by Gasteiger charge is 2.15. The summed E-state index contributed by atoms with van der Waals surface area (Å²) < 4.78 is 21.3. The molecule has 0 N–H and O–H groups in total. The van der Waals surface area contributed by atoms with Gasteiger partial charge in [-0.1, -0.05) is 0 Å². The van der Waals surface area contributed by atoms with Crippen LogP contribution in [-0.4, -0.2) is 13.7 Å². The van der Waals surface area contributed by atoms with Crippen LogP contribution >= 0.6 is 33.6 Å². The Labute approximate surface area is 82.3 Å². The van der Waals surface area contributed by atoms with Crippen LogP contribution in [0.4, 0.5) is 0 Å². The molecule has 0 radical (unpaired) electrons. The second-order valence-electron chi connectivity index (χ2n) is 1.87. The van der Waals surface area contributed by atoms with Crippen molar-refractivity contribution >= 4 is 47.9 Å². The van der Waals surface area contributed by atoms with Crippen molar-refractivity contribution in [2.75, 3.05) is 0 Å². The minimum absolute atomic E-state index is 0.0758. The average Bonchev–Trinajstić information content (AvgIpc) is 2.30. The maximum atomic E-state index is 10.7. The first-order chi connectivity index (χ1) is 5.41. The number of halogens is 2. The molecule has 0 saturated carbocycles. The van der Waals surface area contributed by atoms with Crippen LogP contribution < -0.4 is 0 Å². The maximum Gasteiger partial charge on any atom is 0.270 e. The Kier molecular flexibility index (Phi) is 2.77. The molecule has 1 aromatic heterocycles. The zero-order chi connectivity index (χ0) is 9.35. The molecule has 1 aromatic rings. The standard InChI is InChI=1S/C5H2Cl2O3S2/c6-5(8)3-1-4(11-2-3)12(7,9)10/h1-2H. The van der Waals surface area contributed by atoms with Gasteiger partial charge in [-0.25, -0.2) is 8.42 Å². The van der Waals surface area contributed by atoms with Crippen LogP contribution in [0.25, 0.3) is 0 Å². The summed E-state index contributed by atoms with van der Waals surface area (Å²) in [6, 6.07) is 1.14. The van der Waals surface area contributed by atoms with Gasteiger partial charge >= 0.3 is 0 Å². The third-order valence-electron chi connectivity index (χ3n) is 1.04. The summed E-state index contributed by atoms with van der Waals surface area (Å²) in [5.74, 6) is 0. The SMILES string of the molecule is O=C(Cl)c1csc(S(=O)(=O)Cl)c1. The molecule has 12 heavy (non-hydrogen) atoms. The molecule has 1 heterocycles. The molecule has 0 aliphatic heterocycles. The molecule has 66 valence electrons. The smallest absolute Gasteiger partial charge is 0.270 e. The summed E-state index contributed by atoms with van der Waals surface area (Å²) in [5, 5.41) is 0.641. The van der Waals surface area contributed by atoms with E-state index in [2.05, 4.69) is 0 Å². The highest BCUT2D eigenvalue weighted by molar-refractivity contribution is 8.15. The van der Waals surface area contributed by atoms with Gasteiger partial charge in [-0.15, -0.1) is 11.3 Å². The second-order valence-corrected chi connectivity index (χ2v) is 5.91. The Hall–Kier alpha value is -0.100. The van der Waals surface area contributed by atoms with Gasteiger partial charge in [0.1, 0.15) is 4.21 Å². The number of carbonyl (C=O) groups is 1. The highest BCUT2D eigenvalue weighted by atomic mass is 35.7. The molecule has 0 aliphatic rings. The van der Waals surface area contributed by atoms with Crippen LogP contribution in [0.1, 0.15) is 10.4 Å². The van der Waals surface area contributed by atoms with Crippen LogP contribution in [0, 0.1) is 0 Å². The van der Waals surface area contributed by atoms with E-state index in [1.54, 1.807) is 0 Å². The highest BCUT2D eigenvalue weighted by Crippen LogP contribution is 2.24. The van der Waals surface area contributed by atoms with Gasteiger partial charge in [0.15, 0.2) is 0 Å². The van der Waals surface area contributed by atoms with Crippen molar-refractivity contribution in [2.24, 2.45) is 0 Å².